The monoisotopic (exact) mass is 295 g/mol. The number of nitrogens with zero attached hydrogens (tertiary/aromatic N) is 4. The molecule has 1 saturated heterocycles. The van der Waals surface area contributed by atoms with Gasteiger partial charge in [-0.25, -0.2) is 9.48 Å². The molecule has 8 heteroatoms. The molecule has 0 aliphatic carbocycles. The summed E-state index contributed by atoms with van der Waals surface area (Å²) in [6, 6.07) is 0.465. The summed E-state index contributed by atoms with van der Waals surface area (Å²) in [5.41, 5.74) is -0.0699. The number of rotatable bonds is 7. The third-order valence-electron chi connectivity index (χ3n) is 3.44. The van der Waals surface area contributed by atoms with Crippen LogP contribution in [-0.2, 0) is 4.79 Å². The van der Waals surface area contributed by atoms with Crippen molar-refractivity contribution in [1.82, 2.24) is 25.2 Å². The van der Waals surface area contributed by atoms with Gasteiger partial charge < -0.3 is 15.3 Å². The minimum absolute atomic E-state index is 0.0309. The smallest absolute Gasteiger partial charge is 0.358 e. The first-order valence-electron chi connectivity index (χ1n) is 7.13. The second-order valence-corrected chi connectivity index (χ2v) is 5.55. The fraction of sp³-hybridized carbons (Fsp3) is 0.692. The van der Waals surface area contributed by atoms with E-state index in [9.17, 15) is 9.59 Å². The number of carboxylic acids is 1. The highest BCUT2D eigenvalue weighted by atomic mass is 16.4. The standard InChI is InChI=1S/C13H21N5O3/c1-9(2)14-5-3-4-12(19)17-6-10(7-17)18-8-11(13(20)21)15-16-18/h8-10,14H,3-7H2,1-2H3,(H,20,21). The van der Waals surface area contributed by atoms with Crippen molar-refractivity contribution in [3.8, 4) is 0 Å². The Balaban J connectivity index is 1.70. The normalized spacial score (nSPS) is 15.3. The molecule has 0 aromatic carbocycles. The van der Waals surface area contributed by atoms with Crippen molar-refractivity contribution in [2.45, 2.75) is 38.8 Å². The molecule has 116 valence electrons. The molecule has 2 heterocycles. The summed E-state index contributed by atoms with van der Waals surface area (Å²) in [6.45, 7) is 6.13. The van der Waals surface area contributed by atoms with E-state index >= 15 is 0 Å². The van der Waals surface area contributed by atoms with Gasteiger partial charge in [-0.3, -0.25) is 4.79 Å². The van der Waals surface area contributed by atoms with Gasteiger partial charge in [-0.05, 0) is 13.0 Å². The van der Waals surface area contributed by atoms with Crippen molar-refractivity contribution < 1.29 is 14.7 Å². The SMILES string of the molecule is CC(C)NCCCC(=O)N1CC(n2cc(C(=O)O)nn2)C1. The molecule has 0 unspecified atom stereocenters. The predicted octanol–water partition coefficient (Wildman–Crippen LogP) is 0.138. The molecule has 2 rings (SSSR count). The van der Waals surface area contributed by atoms with E-state index in [1.807, 2.05) is 0 Å². The van der Waals surface area contributed by atoms with Gasteiger partial charge >= 0.3 is 5.97 Å². The van der Waals surface area contributed by atoms with E-state index in [0.29, 0.717) is 25.6 Å². The maximum Gasteiger partial charge on any atom is 0.358 e. The van der Waals surface area contributed by atoms with E-state index in [-0.39, 0.29) is 17.6 Å². The number of amides is 1. The molecule has 0 spiro atoms. The molecule has 0 radical (unpaired) electrons. The number of carbonyl (C=O) groups is 2. The molecule has 2 N–H and O–H groups in total. The van der Waals surface area contributed by atoms with E-state index in [0.717, 1.165) is 13.0 Å². The van der Waals surface area contributed by atoms with Crippen molar-refractivity contribution in [3.63, 3.8) is 0 Å². The lowest BCUT2D eigenvalue weighted by Gasteiger charge is -2.39. The Morgan fingerprint density at radius 2 is 2.19 bits per heavy atom. The number of carbonyl (C=O) groups excluding carboxylic acids is 1. The molecule has 0 bridgehead atoms. The van der Waals surface area contributed by atoms with Crippen LogP contribution >= 0.6 is 0 Å². The second kappa shape index (κ2) is 6.66. The molecule has 1 aromatic rings. The van der Waals surface area contributed by atoms with Gasteiger partial charge in [0, 0.05) is 25.6 Å². The van der Waals surface area contributed by atoms with Crippen molar-refractivity contribution in [3.05, 3.63) is 11.9 Å². The van der Waals surface area contributed by atoms with E-state index in [1.54, 1.807) is 4.90 Å². The van der Waals surface area contributed by atoms with Gasteiger partial charge in [-0.15, -0.1) is 5.10 Å². The van der Waals surface area contributed by atoms with Gasteiger partial charge in [-0.2, -0.15) is 0 Å². The lowest BCUT2D eigenvalue weighted by molar-refractivity contribution is -0.137. The number of hydrogen-bond donors (Lipinski definition) is 2. The summed E-state index contributed by atoms with van der Waals surface area (Å²) in [6.07, 6.45) is 2.76. The zero-order valence-electron chi connectivity index (χ0n) is 12.3. The number of aromatic nitrogens is 3. The zero-order chi connectivity index (χ0) is 15.4. The first kappa shape index (κ1) is 15.4. The van der Waals surface area contributed by atoms with Crippen LogP contribution < -0.4 is 5.32 Å². The zero-order valence-corrected chi connectivity index (χ0v) is 12.3. The predicted molar refractivity (Wildman–Crippen MR) is 75.0 cm³/mol. The Hall–Kier alpha value is -1.96. The number of likely N-dealkylation sites (tertiary alicyclic amines) is 1. The van der Waals surface area contributed by atoms with Crippen LogP contribution in [0.5, 0.6) is 0 Å². The quantitative estimate of drug-likeness (QED) is 0.694. The van der Waals surface area contributed by atoms with Gasteiger partial charge in [0.15, 0.2) is 5.69 Å². The van der Waals surface area contributed by atoms with Crippen molar-refractivity contribution in [1.29, 1.82) is 0 Å². The lowest BCUT2D eigenvalue weighted by Crippen LogP contribution is -2.51. The van der Waals surface area contributed by atoms with Crippen LogP contribution in [0.2, 0.25) is 0 Å². The Kier molecular flexibility index (Phi) is 4.89. The number of aromatic carboxylic acids is 1. The first-order valence-corrected chi connectivity index (χ1v) is 7.13. The highest BCUT2D eigenvalue weighted by Crippen LogP contribution is 2.21. The van der Waals surface area contributed by atoms with Crippen LogP contribution in [0, 0.1) is 0 Å². The average Bonchev–Trinajstić information content (AvgIpc) is 2.82. The third kappa shape index (κ3) is 4.01. The van der Waals surface area contributed by atoms with E-state index in [4.69, 9.17) is 5.11 Å². The largest absolute Gasteiger partial charge is 0.476 e. The molecule has 1 aromatic heterocycles. The first-order chi connectivity index (χ1) is 9.97. The summed E-state index contributed by atoms with van der Waals surface area (Å²) in [7, 11) is 0. The van der Waals surface area contributed by atoms with Crippen molar-refractivity contribution in [2.24, 2.45) is 0 Å². The molecule has 1 aliphatic rings. The summed E-state index contributed by atoms with van der Waals surface area (Å²) in [4.78, 5) is 24.4. The molecular formula is C13H21N5O3. The number of hydrogen-bond acceptors (Lipinski definition) is 5. The summed E-state index contributed by atoms with van der Waals surface area (Å²) >= 11 is 0. The molecule has 1 fully saturated rings. The minimum atomic E-state index is -1.09. The molecular weight excluding hydrogens is 274 g/mol. The van der Waals surface area contributed by atoms with Crippen LogP contribution in [0.3, 0.4) is 0 Å². The Labute approximate surface area is 123 Å². The van der Waals surface area contributed by atoms with Crippen molar-refractivity contribution in [2.75, 3.05) is 19.6 Å². The van der Waals surface area contributed by atoms with E-state index in [2.05, 4.69) is 29.5 Å². The third-order valence-corrected chi connectivity index (χ3v) is 3.44. The fourth-order valence-corrected chi connectivity index (χ4v) is 2.17. The minimum Gasteiger partial charge on any atom is -0.476 e. The van der Waals surface area contributed by atoms with Crippen LogP contribution in [0.25, 0.3) is 0 Å². The second-order valence-electron chi connectivity index (χ2n) is 5.55. The van der Waals surface area contributed by atoms with E-state index < -0.39 is 5.97 Å². The van der Waals surface area contributed by atoms with Crippen molar-refractivity contribution >= 4 is 11.9 Å². The van der Waals surface area contributed by atoms with Gasteiger partial charge in [0.05, 0.1) is 12.2 Å². The Morgan fingerprint density at radius 1 is 1.48 bits per heavy atom. The maximum atomic E-state index is 11.9. The molecule has 1 aliphatic heterocycles. The number of carboxylic acid groups (broad SMARTS) is 1. The van der Waals surface area contributed by atoms with Crippen LogP contribution in [0.15, 0.2) is 6.20 Å². The van der Waals surface area contributed by atoms with Gasteiger partial charge in [-0.1, -0.05) is 19.1 Å². The topological polar surface area (TPSA) is 100 Å². The van der Waals surface area contributed by atoms with E-state index in [1.165, 1.54) is 10.9 Å². The van der Waals surface area contributed by atoms with Crippen LogP contribution in [0.1, 0.15) is 43.2 Å². The van der Waals surface area contributed by atoms with Gasteiger partial charge in [0.1, 0.15) is 0 Å². The van der Waals surface area contributed by atoms with Crippen LogP contribution in [0.4, 0.5) is 0 Å². The maximum absolute atomic E-state index is 11.9. The summed E-state index contributed by atoms with van der Waals surface area (Å²) in [5, 5.41) is 19.4. The van der Waals surface area contributed by atoms with Crippen LogP contribution in [-0.4, -0.2) is 62.6 Å². The lowest BCUT2D eigenvalue weighted by atomic mass is 10.1. The summed E-state index contributed by atoms with van der Waals surface area (Å²) < 4.78 is 1.52. The molecule has 0 atom stereocenters. The summed E-state index contributed by atoms with van der Waals surface area (Å²) in [5.74, 6) is -0.957. The molecule has 0 saturated carbocycles. The number of nitrogens with one attached hydrogen (secondary N) is 1. The molecule has 1 amide bonds. The Bertz CT molecular complexity index is 508. The highest BCUT2D eigenvalue weighted by molar-refractivity contribution is 5.84. The fourth-order valence-electron chi connectivity index (χ4n) is 2.17. The molecule has 8 nitrogen and oxygen atoms in total. The molecule has 21 heavy (non-hydrogen) atoms. The average molecular weight is 295 g/mol. The van der Waals surface area contributed by atoms with Gasteiger partial charge in [0.25, 0.3) is 0 Å². The van der Waals surface area contributed by atoms with Gasteiger partial charge in [0.2, 0.25) is 5.91 Å². The highest BCUT2D eigenvalue weighted by Gasteiger charge is 2.32. The Morgan fingerprint density at radius 3 is 2.76 bits per heavy atom.